The Hall–Kier alpha value is -1.89. The van der Waals surface area contributed by atoms with E-state index in [0.29, 0.717) is 12.5 Å². The van der Waals surface area contributed by atoms with Crippen LogP contribution in [0.2, 0.25) is 0 Å². The Morgan fingerprint density at radius 3 is 2.96 bits per heavy atom. The molecule has 1 aromatic carbocycles. The van der Waals surface area contributed by atoms with Gasteiger partial charge in [0.05, 0.1) is 5.52 Å². The van der Waals surface area contributed by atoms with Crippen LogP contribution in [-0.2, 0) is 4.74 Å². The molecule has 2 aromatic rings. The fourth-order valence-corrected chi connectivity index (χ4v) is 3.18. The smallest absolute Gasteiger partial charge is 0.410 e. The highest BCUT2D eigenvalue weighted by molar-refractivity contribution is 9.10. The van der Waals surface area contributed by atoms with Crippen LogP contribution in [0.1, 0.15) is 33.6 Å². The lowest BCUT2D eigenvalue weighted by Crippen LogP contribution is -2.47. The standard InChI is InChI=1S/C18H23BrN4O2/c1-18(2,3)25-17(24)23-8-4-5-14(11-23)21-16-20-10-12-6-7-13(19)9-15(12)22-16/h6-7,9-10,14H,4-5,8,11H2,1-3H3,(H,20,21,22)/t14-/m1/s1. The summed E-state index contributed by atoms with van der Waals surface area (Å²) in [4.78, 5) is 23.0. The first-order valence-corrected chi connectivity index (χ1v) is 9.26. The highest BCUT2D eigenvalue weighted by Crippen LogP contribution is 2.20. The Kier molecular flexibility index (Phi) is 5.13. The average molecular weight is 407 g/mol. The maximum atomic E-state index is 12.3. The van der Waals surface area contributed by atoms with Crippen LogP contribution in [0.5, 0.6) is 0 Å². The van der Waals surface area contributed by atoms with Crippen molar-refractivity contribution in [3.8, 4) is 0 Å². The molecule has 0 aliphatic carbocycles. The molecule has 0 radical (unpaired) electrons. The van der Waals surface area contributed by atoms with Crippen LogP contribution in [0, 0.1) is 0 Å². The second kappa shape index (κ2) is 7.15. The van der Waals surface area contributed by atoms with Crippen molar-refractivity contribution in [2.24, 2.45) is 0 Å². The van der Waals surface area contributed by atoms with Gasteiger partial charge >= 0.3 is 6.09 Å². The zero-order chi connectivity index (χ0) is 18.0. The SMILES string of the molecule is CC(C)(C)OC(=O)N1CCC[C@@H](Nc2ncc3ccc(Br)cc3n2)C1. The highest BCUT2D eigenvalue weighted by atomic mass is 79.9. The van der Waals surface area contributed by atoms with Crippen LogP contribution in [0.25, 0.3) is 10.9 Å². The molecule has 1 N–H and O–H groups in total. The van der Waals surface area contributed by atoms with E-state index in [1.807, 2.05) is 45.2 Å². The van der Waals surface area contributed by atoms with Gasteiger partial charge in [-0.3, -0.25) is 0 Å². The predicted molar refractivity (Wildman–Crippen MR) is 102 cm³/mol. The topological polar surface area (TPSA) is 67.3 Å². The van der Waals surface area contributed by atoms with E-state index in [0.717, 1.165) is 34.8 Å². The zero-order valence-corrected chi connectivity index (χ0v) is 16.3. The number of carbonyl (C=O) groups excluding carboxylic acids is 1. The van der Waals surface area contributed by atoms with Crippen LogP contribution in [0.3, 0.4) is 0 Å². The minimum atomic E-state index is -0.480. The molecule has 6 nitrogen and oxygen atoms in total. The summed E-state index contributed by atoms with van der Waals surface area (Å²) in [6, 6.07) is 6.04. The van der Waals surface area contributed by atoms with Gasteiger partial charge in [-0.25, -0.2) is 14.8 Å². The number of amides is 1. The predicted octanol–water partition coefficient (Wildman–Crippen LogP) is 4.20. The van der Waals surface area contributed by atoms with E-state index in [9.17, 15) is 4.79 Å². The monoisotopic (exact) mass is 406 g/mol. The normalized spacial score (nSPS) is 18.2. The van der Waals surface area contributed by atoms with Crippen LogP contribution in [0.15, 0.2) is 28.9 Å². The maximum Gasteiger partial charge on any atom is 0.410 e. The van der Waals surface area contributed by atoms with Crippen molar-refractivity contribution >= 4 is 38.9 Å². The van der Waals surface area contributed by atoms with Gasteiger partial charge in [0.15, 0.2) is 0 Å². The van der Waals surface area contributed by atoms with Crippen molar-refractivity contribution in [3.05, 3.63) is 28.9 Å². The van der Waals surface area contributed by atoms with Gasteiger partial charge < -0.3 is 15.0 Å². The van der Waals surface area contributed by atoms with E-state index in [-0.39, 0.29) is 12.1 Å². The molecule has 1 fully saturated rings. The first-order chi connectivity index (χ1) is 11.8. The van der Waals surface area contributed by atoms with Crippen molar-refractivity contribution in [2.75, 3.05) is 18.4 Å². The fourth-order valence-electron chi connectivity index (χ4n) is 2.84. The van der Waals surface area contributed by atoms with Crippen LogP contribution >= 0.6 is 15.9 Å². The van der Waals surface area contributed by atoms with E-state index in [4.69, 9.17) is 4.74 Å². The zero-order valence-electron chi connectivity index (χ0n) is 14.8. The van der Waals surface area contributed by atoms with Crippen molar-refractivity contribution < 1.29 is 9.53 Å². The number of likely N-dealkylation sites (tertiary alicyclic amines) is 1. The molecule has 1 amide bonds. The molecule has 1 aromatic heterocycles. The Balaban J connectivity index is 1.67. The van der Waals surface area contributed by atoms with E-state index < -0.39 is 5.60 Å². The lowest BCUT2D eigenvalue weighted by atomic mass is 10.1. The number of halogens is 1. The van der Waals surface area contributed by atoms with E-state index >= 15 is 0 Å². The van der Waals surface area contributed by atoms with Gasteiger partial charge in [-0.05, 0) is 45.7 Å². The summed E-state index contributed by atoms with van der Waals surface area (Å²) < 4.78 is 6.45. The molecular formula is C18H23BrN4O2. The quantitative estimate of drug-likeness (QED) is 0.808. The molecule has 1 aliphatic rings. The Labute approximate surface area is 156 Å². The van der Waals surface area contributed by atoms with Crippen molar-refractivity contribution in [1.29, 1.82) is 0 Å². The van der Waals surface area contributed by atoms with Gasteiger partial charge in [-0.15, -0.1) is 0 Å². The summed E-state index contributed by atoms with van der Waals surface area (Å²) in [5.41, 5.74) is 0.401. The number of ether oxygens (including phenoxy) is 1. The molecule has 0 unspecified atom stereocenters. The number of rotatable bonds is 2. The van der Waals surface area contributed by atoms with E-state index in [2.05, 4.69) is 31.2 Å². The summed E-state index contributed by atoms with van der Waals surface area (Å²) in [6.45, 7) is 6.95. The average Bonchev–Trinajstić information content (AvgIpc) is 2.53. The molecule has 3 rings (SSSR count). The first kappa shape index (κ1) is 17.9. The third-order valence-corrected chi connectivity index (χ3v) is 4.44. The number of carbonyl (C=O) groups is 1. The Morgan fingerprint density at radius 2 is 2.20 bits per heavy atom. The second-order valence-electron chi connectivity index (χ2n) is 7.31. The molecule has 1 atom stereocenters. The molecule has 0 bridgehead atoms. The summed E-state index contributed by atoms with van der Waals surface area (Å²) in [5.74, 6) is 0.585. The molecule has 0 spiro atoms. The van der Waals surface area contributed by atoms with Gasteiger partial charge in [-0.1, -0.05) is 22.0 Å². The molecule has 25 heavy (non-hydrogen) atoms. The van der Waals surface area contributed by atoms with Gasteiger partial charge in [-0.2, -0.15) is 0 Å². The maximum absolute atomic E-state index is 12.3. The third-order valence-electron chi connectivity index (χ3n) is 3.95. The van der Waals surface area contributed by atoms with Gasteiger partial charge in [0, 0.05) is 35.2 Å². The number of anilines is 1. The molecule has 2 heterocycles. The number of hydrogen-bond donors (Lipinski definition) is 1. The van der Waals surface area contributed by atoms with Gasteiger partial charge in [0.1, 0.15) is 5.60 Å². The van der Waals surface area contributed by atoms with E-state index in [1.165, 1.54) is 0 Å². The first-order valence-electron chi connectivity index (χ1n) is 8.47. The number of nitrogens with zero attached hydrogens (tertiary/aromatic N) is 3. The molecule has 1 aliphatic heterocycles. The number of hydrogen-bond acceptors (Lipinski definition) is 5. The summed E-state index contributed by atoms with van der Waals surface area (Å²) in [5, 5.41) is 4.35. The second-order valence-corrected chi connectivity index (χ2v) is 8.22. The minimum absolute atomic E-state index is 0.117. The van der Waals surface area contributed by atoms with Crippen LogP contribution in [0.4, 0.5) is 10.7 Å². The van der Waals surface area contributed by atoms with Crippen molar-refractivity contribution in [3.63, 3.8) is 0 Å². The van der Waals surface area contributed by atoms with Crippen molar-refractivity contribution in [1.82, 2.24) is 14.9 Å². The van der Waals surface area contributed by atoms with E-state index in [1.54, 1.807) is 4.90 Å². The number of aromatic nitrogens is 2. The van der Waals surface area contributed by atoms with Crippen LogP contribution in [-0.4, -0.2) is 45.7 Å². The Morgan fingerprint density at radius 1 is 1.40 bits per heavy atom. The highest BCUT2D eigenvalue weighted by Gasteiger charge is 2.27. The Bertz CT molecular complexity index is 775. The number of fused-ring (bicyclic) bond motifs is 1. The summed E-state index contributed by atoms with van der Waals surface area (Å²) in [6.07, 6.45) is 3.45. The molecule has 7 heteroatoms. The lowest BCUT2D eigenvalue weighted by molar-refractivity contribution is 0.0206. The molecule has 134 valence electrons. The minimum Gasteiger partial charge on any atom is -0.444 e. The summed E-state index contributed by atoms with van der Waals surface area (Å²) in [7, 11) is 0. The molecule has 1 saturated heterocycles. The molecular weight excluding hydrogens is 384 g/mol. The lowest BCUT2D eigenvalue weighted by Gasteiger charge is -2.34. The number of benzene rings is 1. The van der Waals surface area contributed by atoms with Crippen LogP contribution < -0.4 is 5.32 Å². The van der Waals surface area contributed by atoms with Crippen molar-refractivity contribution in [2.45, 2.75) is 45.3 Å². The van der Waals surface area contributed by atoms with Gasteiger partial charge in [0.2, 0.25) is 5.95 Å². The van der Waals surface area contributed by atoms with Gasteiger partial charge in [0.25, 0.3) is 0 Å². The largest absolute Gasteiger partial charge is 0.444 e. The summed E-state index contributed by atoms with van der Waals surface area (Å²) >= 11 is 3.46. The number of nitrogens with one attached hydrogen (secondary N) is 1. The molecule has 0 saturated carbocycles. The number of piperidine rings is 1. The fraction of sp³-hybridized carbons (Fsp3) is 0.500. The third kappa shape index (κ3) is 4.81.